The highest BCUT2D eigenvalue weighted by Gasteiger charge is 2.47. The summed E-state index contributed by atoms with van der Waals surface area (Å²) in [6.45, 7) is 11.6. The summed E-state index contributed by atoms with van der Waals surface area (Å²) >= 11 is 0. The van der Waals surface area contributed by atoms with Gasteiger partial charge in [0.1, 0.15) is 28.8 Å². The number of fused-ring (bicyclic) bond motifs is 2. The highest BCUT2D eigenvalue weighted by Crippen LogP contribution is 2.40. The van der Waals surface area contributed by atoms with E-state index in [4.69, 9.17) is 14.3 Å². The van der Waals surface area contributed by atoms with Crippen LogP contribution < -0.4 is 10.1 Å². The molecule has 248 valence electrons. The van der Waals surface area contributed by atoms with Gasteiger partial charge in [0.05, 0.1) is 6.61 Å². The number of amides is 1. The zero-order chi connectivity index (χ0) is 33.4. The first-order chi connectivity index (χ1) is 21.5. The molecule has 1 fully saturated rings. The van der Waals surface area contributed by atoms with Crippen LogP contribution in [0.4, 0.5) is 22.4 Å². The minimum atomic E-state index is -4.63. The van der Waals surface area contributed by atoms with Crippen LogP contribution in [0.15, 0.2) is 42.6 Å². The van der Waals surface area contributed by atoms with Crippen molar-refractivity contribution >= 4 is 31.0 Å². The topological polar surface area (TPSA) is 114 Å². The highest BCUT2D eigenvalue weighted by molar-refractivity contribution is 6.74. The van der Waals surface area contributed by atoms with Crippen LogP contribution in [0.2, 0.25) is 18.1 Å². The maximum absolute atomic E-state index is 14.5. The molecule has 0 bridgehead atoms. The number of aromatic nitrogens is 4. The maximum Gasteiger partial charge on any atom is 0.408 e. The summed E-state index contributed by atoms with van der Waals surface area (Å²) in [5.74, 6) is -0.0630. The van der Waals surface area contributed by atoms with E-state index in [1.54, 1.807) is 12.1 Å². The van der Waals surface area contributed by atoms with Gasteiger partial charge in [-0.3, -0.25) is 9.30 Å². The summed E-state index contributed by atoms with van der Waals surface area (Å²) in [7, 11) is -1.92. The Hall–Kier alpha value is -3.82. The van der Waals surface area contributed by atoms with E-state index in [2.05, 4.69) is 54.4 Å². The minimum absolute atomic E-state index is 0.0520. The molecular formula is C31H38F4N6O4Si. The Bertz CT molecular complexity index is 1730. The van der Waals surface area contributed by atoms with Crippen molar-refractivity contribution in [3.63, 3.8) is 0 Å². The molecule has 1 amide bonds. The Morgan fingerprint density at radius 1 is 1.13 bits per heavy atom. The summed E-state index contributed by atoms with van der Waals surface area (Å²) in [5, 5.41) is 20.2. The zero-order valence-corrected chi connectivity index (χ0v) is 27.4. The molecule has 15 heteroatoms. The van der Waals surface area contributed by atoms with Crippen molar-refractivity contribution in [1.82, 2.24) is 29.8 Å². The molecule has 4 heterocycles. The van der Waals surface area contributed by atoms with E-state index >= 15 is 0 Å². The number of carboxylic acid groups (broad SMARTS) is 1. The number of rotatable bonds is 10. The molecule has 1 aromatic carbocycles. The molecule has 3 aromatic heterocycles. The number of alkyl halides is 3. The summed E-state index contributed by atoms with van der Waals surface area (Å²) in [6, 6.07) is 6.06. The van der Waals surface area contributed by atoms with Crippen LogP contribution in [0, 0.1) is 5.82 Å². The number of ether oxygens (including phenoxy) is 1. The van der Waals surface area contributed by atoms with Crippen LogP contribution in [0.3, 0.4) is 0 Å². The Balaban J connectivity index is 1.41. The monoisotopic (exact) mass is 662 g/mol. The molecule has 1 aliphatic rings. The maximum atomic E-state index is 14.5. The number of pyridine rings is 2. The first-order valence-corrected chi connectivity index (χ1v) is 18.0. The van der Waals surface area contributed by atoms with Crippen molar-refractivity contribution in [2.45, 2.75) is 70.0 Å². The fourth-order valence-corrected chi connectivity index (χ4v) is 6.44. The van der Waals surface area contributed by atoms with E-state index in [0.29, 0.717) is 35.3 Å². The van der Waals surface area contributed by atoms with Gasteiger partial charge in [-0.1, -0.05) is 32.9 Å². The third-order valence-corrected chi connectivity index (χ3v) is 13.3. The molecule has 0 spiro atoms. The number of benzene rings is 1. The van der Waals surface area contributed by atoms with Gasteiger partial charge in [0, 0.05) is 49.8 Å². The molecular weight excluding hydrogens is 624 g/mol. The van der Waals surface area contributed by atoms with Crippen molar-refractivity contribution in [3.8, 4) is 17.3 Å². The average Bonchev–Trinajstić information content (AvgIpc) is 3.57. The Kier molecular flexibility index (Phi) is 9.30. The fourth-order valence-electron chi connectivity index (χ4n) is 5.35. The summed E-state index contributed by atoms with van der Waals surface area (Å²) in [5.41, 5.74) is 0.944. The van der Waals surface area contributed by atoms with E-state index in [9.17, 15) is 22.4 Å². The van der Waals surface area contributed by atoms with Gasteiger partial charge in [-0.15, -0.1) is 10.2 Å². The fraction of sp³-hybridized carbons (Fsp3) is 0.484. The van der Waals surface area contributed by atoms with Gasteiger partial charge in [0.2, 0.25) is 0 Å². The number of likely N-dealkylation sites (tertiary alicyclic amines) is 1. The molecule has 4 aromatic rings. The van der Waals surface area contributed by atoms with Crippen molar-refractivity contribution < 1.29 is 36.6 Å². The number of carbonyl (C=O) groups is 1. The summed E-state index contributed by atoms with van der Waals surface area (Å²) in [6.07, 6.45) is -3.73. The Labute approximate surface area is 264 Å². The molecule has 46 heavy (non-hydrogen) atoms. The predicted molar refractivity (Wildman–Crippen MR) is 167 cm³/mol. The van der Waals surface area contributed by atoms with E-state index in [0.717, 1.165) is 0 Å². The number of nitrogens with one attached hydrogen (secondary N) is 1. The van der Waals surface area contributed by atoms with Gasteiger partial charge < -0.3 is 19.6 Å². The normalized spacial score (nSPS) is 17.1. The SMILES string of the molecule is CC(C)(C)[Si](C)(C)OCCCOc1cc(F)cc2ccc(-c3nnc4ccc([C@@H](N5CCC(NC(=O)O)C5)C(F)(F)F)cn34)nc12. The molecule has 5 rings (SSSR count). The Morgan fingerprint density at radius 2 is 1.89 bits per heavy atom. The van der Waals surface area contributed by atoms with E-state index in [1.807, 2.05) is 0 Å². The minimum Gasteiger partial charge on any atom is -0.491 e. The smallest absolute Gasteiger partial charge is 0.408 e. The first kappa shape index (κ1) is 33.5. The van der Waals surface area contributed by atoms with Crippen LogP contribution in [0.25, 0.3) is 28.1 Å². The van der Waals surface area contributed by atoms with Crippen molar-refractivity contribution in [2.75, 3.05) is 26.3 Å². The van der Waals surface area contributed by atoms with E-state index in [1.165, 1.54) is 39.8 Å². The van der Waals surface area contributed by atoms with Crippen LogP contribution in [0.1, 0.15) is 45.2 Å². The number of hydrogen-bond donors (Lipinski definition) is 2. The number of hydrogen-bond acceptors (Lipinski definition) is 7. The van der Waals surface area contributed by atoms with Crippen LogP contribution in [0.5, 0.6) is 5.75 Å². The van der Waals surface area contributed by atoms with Crippen molar-refractivity contribution in [1.29, 1.82) is 0 Å². The van der Waals surface area contributed by atoms with Crippen LogP contribution in [-0.2, 0) is 4.43 Å². The second-order valence-electron chi connectivity index (χ2n) is 13.1. The highest BCUT2D eigenvalue weighted by atomic mass is 28.4. The number of nitrogens with zero attached hydrogens (tertiary/aromatic N) is 5. The summed E-state index contributed by atoms with van der Waals surface area (Å²) in [4.78, 5) is 16.9. The van der Waals surface area contributed by atoms with Gasteiger partial charge in [-0.25, -0.2) is 14.2 Å². The van der Waals surface area contributed by atoms with Gasteiger partial charge in [0.25, 0.3) is 0 Å². The van der Waals surface area contributed by atoms with Gasteiger partial charge >= 0.3 is 12.3 Å². The van der Waals surface area contributed by atoms with Crippen molar-refractivity contribution in [3.05, 3.63) is 54.0 Å². The molecule has 0 radical (unpaired) electrons. The lowest BCUT2D eigenvalue weighted by Crippen LogP contribution is -2.41. The lowest BCUT2D eigenvalue weighted by Gasteiger charge is -2.36. The predicted octanol–water partition coefficient (Wildman–Crippen LogP) is 6.82. The largest absolute Gasteiger partial charge is 0.491 e. The Morgan fingerprint density at radius 3 is 2.59 bits per heavy atom. The van der Waals surface area contributed by atoms with Crippen LogP contribution in [-0.4, -0.2) is 82.5 Å². The molecule has 0 aliphatic carbocycles. The van der Waals surface area contributed by atoms with E-state index in [-0.39, 0.29) is 48.3 Å². The molecule has 10 nitrogen and oxygen atoms in total. The second-order valence-corrected chi connectivity index (χ2v) is 17.9. The van der Waals surface area contributed by atoms with Crippen molar-refractivity contribution in [2.24, 2.45) is 0 Å². The molecule has 1 saturated heterocycles. The molecule has 2 atom stereocenters. The van der Waals surface area contributed by atoms with Gasteiger partial charge in [-0.05, 0) is 48.3 Å². The molecule has 0 saturated carbocycles. The zero-order valence-electron chi connectivity index (χ0n) is 26.4. The lowest BCUT2D eigenvalue weighted by atomic mass is 10.1. The summed E-state index contributed by atoms with van der Waals surface area (Å²) < 4.78 is 71.4. The second kappa shape index (κ2) is 12.8. The van der Waals surface area contributed by atoms with Gasteiger partial charge in [-0.2, -0.15) is 13.2 Å². The average molecular weight is 663 g/mol. The third kappa shape index (κ3) is 7.26. The standard InChI is InChI=1S/C31H38F4N6O4Si/c1-30(2,3)46(4,5)45-14-6-13-44-24-16-21(32)15-19-7-9-23(37-26(19)24)28-39-38-25-10-8-20(17-41(25)28)27(31(33,34)35)40-12-11-22(18-40)36-29(42)43/h7-10,15-17,22,27,36H,6,11-14,18H2,1-5H3,(H,42,43)/t22?,27-/m1/s1. The quantitative estimate of drug-likeness (QED) is 0.108. The third-order valence-electron chi connectivity index (χ3n) is 8.73. The van der Waals surface area contributed by atoms with E-state index < -0.39 is 38.5 Å². The van der Waals surface area contributed by atoms with Gasteiger partial charge in [0.15, 0.2) is 19.8 Å². The lowest BCUT2D eigenvalue weighted by molar-refractivity contribution is -0.184. The molecule has 1 unspecified atom stereocenters. The molecule has 1 aliphatic heterocycles. The molecule has 2 N–H and O–H groups in total. The first-order valence-electron chi connectivity index (χ1n) is 15.1. The number of halogens is 4. The van der Waals surface area contributed by atoms with Crippen LogP contribution >= 0.6 is 0 Å².